The van der Waals surface area contributed by atoms with Crippen molar-refractivity contribution in [2.75, 3.05) is 18.5 Å². The average Bonchev–Trinajstić information content (AvgIpc) is 2.68. The molecular formula is C19H15F8N3O3. The maximum absolute atomic E-state index is 13.0. The first-order valence-electron chi connectivity index (χ1n) is 8.86. The van der Waals surface area contributed by atoms with Gasteiger partial charge in [-0.25, -0.2) is 8.78 Å². The van der Waals surface area contributed by atoms with Crippen molar-refractivity contribution >= 4 is 17.7 Å². The number of nitrogens with one attached hydrogen (secondary N) is 1. The van der Waals surface area contributed by atoms with Crippen molar-refractivity contribution in [2.45, 2.75) is 25.2 Å². The minimum absolute atomic E-state index is 0.0232. The van der Waals surface area contributed by atoms with E-state index in [4.69, 9.17) is 4.74 Å². The van der Waals surface area contributed by atoms with Crippen molar-refractivity contribution in [3.63, 3.8) is 0 Å². The van der Waals surface area contributed by atoms with Crippen molar-refractivity contribution in [3.8, 4) is 11.8 Å². The van der Waals surface area contributed by atoms with Gasteiger partial charge in [-0.05, 0) is 30.3 Å². The van der Waals surface area contributed by atoms with E-state index in [1.54, 1.807) is 0 Å². The molecule has 14 heteroatoms. The molecule has 0 bridgehead atoms. The van der Waals surface area contributed by atoms with Crippen LogP contribution in [0.25, 0.3) is 6.08 Å². The monoisotopic (exact) mass is 485 g/mol. The van der Waals surface area contributed by atoms with Crippen LogP contribution in [0.15, 0.2) is 36.4 Å². The van der Waals surface area contributed by atoms with Gasteiger partial charge >= 0.3 is 12.4 Å². The molecule has 1 N–H and O–H groups in total. The summed E-state index contributed by atoms with van der Waals surface area (Å²) in [6, 6.07) is 4.27. The molecule has 0 spiro atoms. The highest BCUT2D eigenvalue weighted by atomic mass is 19.4. The highest BCUT2D eigenvalue weighted by Crippen LogP contribution is 2.29. The fraction of sp³-hybridized carbons (Fsp3) is 0.316. The van der Waals surface area contributed by atoms with Crippen LogP contribution in [0.1, 0.15) is 18.3 Å². The second kappa shape index (κ2) is 10.0. The highest BCUT2D eigenvalue weighted by molar-refractivity contribution is 6.01. The molecule has 1 amide bonds. The number of rotatable bonds is 8. The first-order valence-corrected chi connectivity index (χ1v) is 8.86. The number of carbonyl (C=O) groups excluding carboxylic acids is 1. The third-order valence-corrected chi connectivity index (χ3v) is 3.42. The van der Waals surface area contributed by atoms with Crippen molar-refractivity contribution in [2.24, 2.45) is 0 Å². The van der Waals surface area contributed by atoms with Gasteiger partial charge in [0.1, 0.15) is 0 Å². The van der Waals surface area contributed by atoms with Crippen LogP contribution in [-0.4, -0.2) is 41.2 Å². The largest absolute Gasteiger partial charge is 0.471 e. The maximum Gasteiger partial charge on any atom is 0.422 e. The zero-order chi connectivity index (χ0) is 24.9. The SMILES string of the molecule is CC(F)(F)COc1cc(OCC(F)(F)F)nc(/C=C/C(=O)Nc2ccc(C(F)(F)F)cc2)n1. The van der Waals surface area contributed by atoms with Crippen LogP contribution < -0.4 is 14.8 Å². The van der Waals surface area contributed by atoms with Gasteiger partial charge in [0.2, 0.25) is 17.7 Å². The summed E-state index contributed by atoms with van der Waals surface area (Å²) in [5.41, 5.74) is -0.902. The second-order valence-electron chi connectivity index (χ2n) is 6.56. The molecule has 0 saturated carbocycles. The Balaban J connectivity index is 2.14. The zero-order valence-corrected chi connectivity index (χ0v) is 16.6. The van der Waals surface area contributed by atoms with E-state index in [9.17, 15) is 39.9 Å². The topological polar surface area (TPSA) is 73.3 Å². The van der Waals surface area contributed by atoms with Gasteiger partial charge in [0.25, 0.3) is 5.92 Å². The molecule has 0 radical (unpaired) electrons. The summed E-state index contributed by atoms with van der Waals surface area (Å²) in [6.45, 7) is -2.33. The number of nitrogens with zero attached hydrogens (tertiary/aromatic N) is 2. The quantitative estimate of drug-likeness (QED) is 0.415. The summed E-state index contributed by atoms with van der Waals surface area (Å²) >= 11 is 0. The number of hydrogen-bond acceptors (Lipinski definition) is 5. The van der Waals surface area contributed by atoms with E-state index >= 15 is 0 Å². The van der Waals surface area contributed by atoms with E-state index in [0.29, 0.717) is 6.92 Å². The Bertz CT molecular complexity index is 947. The molecule has 1 aromatic heterocycles. The third kappa shape index (κ3) is 9.70. The number of alkyl halides is 8. The number of aromatic nitrogens is 2. The van der Waals surface area contributed by atoms with Crippen molar-refractivity contribution in [1.29, 1.82) is 0 Å². The van der Waals surface area contributed by atoms with E-state index in [2.05, 4.69) is 20.0 Å². The van der Waals surface area contributed by atoms with Gasteiger partial charge in [-0.2, -0.15) is 36.3 Å². The Morgan fingerprint density at radius 3 is 1.97 bits per heavy atom. The summed E-state index contributed by atoms with van der Waals surface area (Å²) in [7, 11) is 0. The molecule has 0 atom stereocenters. The summed E-state index contributed by atoms with van der Waals surface area (Å²) in [5.74, 6) is -5.71. The van der Waals surface area contributed by atoms with Gasteiger partial charge < -0.3 is 14.8 Å². The van der Waals surface area contributed by atoms with Gasteiger partial charge in [0.05, 0.1) is 11.6 Å². The summed E-state index contributed by atoms with van der Waals surface area (Å²) < 4.78 is 110. The van der Waals surface area contributed by atoms with Crippen LogP contribution in [0.3, 0.4) is 0 Å². The van der Waals surface area contributed by atoms with Gasteiger partial charge in [-0.1, -0.05) is 0 Å². The summed E-state index contributed by atoms with van der Waals surface area (Å²) in [4.78, 5) is 19.3. The molecule has 1 heterocycles. The first kappa shape index (κ1) is 25.8. The number of amides is 1. The Labute approximate surface area is 181 Å². The molecule has 0 aliphatic carbocycles. The fourth-order valence-corrected chi connectivity index (χ4v) is 2.08. The first-order chi connectivity index (χ1) is 15.1. The predicted molar refractivity (Wildman–Crippen MR) is 98.8 cm³/mol. The molecule has 2 aromatic rings. The number of halogens is 8. The number of hydrogen-bond donors (Lipinski definition) is 1. The van der Waals surface area contributed by atoms with E-state index in [0.717, 1.165) is 42.5 Å². The predicted octanol–water partition coefficient (Wildman–Crippen LogP) is 5.12. The van der Waals surface area contributed by atoms with Crippen LogP contribution >= 0.6 is 0 Å². The lowest BCUT2D eigenvalue weighted by Crippen LogP contribution is -2.22. The Hall–Kier alpha value is -3.45. The lowest BCUT2D eigenvalue weighted by molar-refractivity contribution is -0.154. The number of anilines is 1. The lowest BCUT2D eigenvalue weighted by atomic mass is 10.2. The van der Waals surface area contributed by atoms with Gasteiger partial charge in [0, 0.05) is 18.7 Å². The summed E-state index contributed by atoms with van der Waals surface area (Å²) in [5, 5.41) is 2.25. The van der Waals surface area contributed by atoms with E-state index in [-0.39, 0.29) is 5.69 Å². The summed E-state index contributed by atoms with van der Waals surface area (Å²) in [6.07, 6.45) is -7.53. The molecule has 0 saturated heterocycles. The fourth-order valence-electron chi connectivity index (χ4n) is 2.08. The van der Waals surface area contributed by atoms with Gasteiger partial charge in [0.15, 0.2) is 19.0 Å². The number of benzene rings is 1. The van der Waals surface area contributed by atoms with Crippen molar-refractivity contribution in [1.82, 2.24) is 9.97 Å². The minimum Gasteiger partial charge on any atom is -0.471 e. The Kier molecular flexibility index (Phi) is 7.82. The minimum atomic E-state index is -4.71. The molecule has 1 aromatic carbocycles. The smallest absolute Gasteiger partial charge is 0.422 e. The maximum atomic E-state index is 13.0. The van der Waals surface area contributed by atoms with Crippen LogP contribution in [0, 0.1) is 0 Å². The van der Waals surface area contributed by atoms with Crippen molar-refractivity contribution in [3.05, 3.63) is 47.8 Å². The zero-order valence-electron chi connectivity index (χ0n) is 16.6. The molecule has 0 unspecified atom stereocenters. The lowest BCUT2D eigenvalue weighted by Gasteiger charge is -2.13. The normalized spacial score (nSPS) is 12.6. The molecule has 6 nitrogen and oxygen atoms in total. The Morgan fingerprint density at radius 2 is 1.48 bits per heavy atom. The number of carbonyl (C=O) groups is 1. The highest BCUT2D eigenvalue weighted by Gasteiger charge is 2.30. The van der Waals surface area contributed by atoms with Gasteiger partial charge in [-0.15, -0.1) is 0 Å². The standard InChI is InChI=1S/C19H15F8N3O3/c1-17(20,21)9-32-15-8-16(33-10-18(22,23)24)30-13(29-15)6-7-14(31)28-12-4-2-11(3-5-12)19(25,26)27/h2-8H,9-10H2,1H3,(H,28,31)/b7-6+. The van der Waals surface area contributed by atoms with Crippen LogP contribution in [-0.2, 0) is 11.0 Å². The third-order valence-electron chi connectivity index (χ3n) is 3.42. The van der Waals surface area contributed by atoms with Gasteiger partial charge in [-0.3, -0.25) is 4.79 Å². The molecule has 0 fully saturated rings. The molecule has 33 heavy (non-hydrogen) atoms. The number of ether oxygens (including phenoxy) is 2. The second-order valence-corrected chi connectivity index (χ2v) is 6.56. The average molecular weight is 485 g/mol. The Morgan fingerprint density at radius 1 is 0.939 bits per heavy atom. The van der Waals surface area contributed by atoms with Crippen molar-refractivity contribution < 1.29 is 49.4 Å². The van der Waals surface area contributed by atoms with Crippen LogP contribution in [0.4, 0.5) is 40.8 Å². The van der Waals surface area contributed by atoms with E-state index < -0.39 is 60.5 Å². The molecule has 180 valence electrons. The van der Waals surface area contributed by atoms with E-state index in [1.807, 2.05) is 0 Å². The van der Waals surface area contributed by atoms with E-state index in [1.165, 1.54) is 0 Å². The molecule has 2 rings (SSSR count). The molecule has 0 aliphatic rings. The molecular weight excluding hydrogens is 470 g/mol. The van der Waals surface area contributed by atoms with Crippen LogP contribution in [0.5, 0.6) is 11.8 Å². The van der Waals surface area contributed by atoms with Crippen LogP contribution in [0.2, 0.25) is 0 Å². The molecule has 0 aliphatic heterocycles.